The Kier molecular flexibility index (Phi) is 4.48. The average molecular weight is 306 g/mol. The van der Waals surface area contributed by atoms with Crippen LogP contribution < -0.4 is 10.6 Å². The smallest absolute Gasteiger partial charge is 0.380 e. The molecule has 1 aliphatic rings. The van der Waals surface area contributed by atoms with E-state index in [2.05, 4.69) is 10.6 Å². The molecule has 0 spiro atoms. The number of hydrogen-bond donors (Lipinski definition) is 2. The third-order valence-electron chi connectivity index (χ3n) is 3.28. The van der Waals surface area contributed by atoms with Gasteiger partial charge >= 0.3 is 6.18 Å². The van der Waals surface area contributed by atoms with E-state index in [1.54, 1.807) is 0 Å². The highest BCUT2D eigenvalue weighted by Gasteiger charge is 2.35. The van der Waals surface area contributed by atoms with E-state index in [9.17, 15) is 22.4 Å². The molecular formula is C13H14F4N2O2. The van der Waals surface area contributed by atoms with Crippen LogP contribution in [0.25, 0.3) is 0 Å². The van der Waals surface area contributed by atoms with Crippen molar-refractivity contribution in [1.29, 1.82) is 0 Å². The van der Waals surface area contributed by atoms with Crippen molar-refractivity contribution < 1.29 is 27.1 Å². The Morgan fingerprint density at radius 2 is 2.14 bits per heavy atom. The van der Waals surface area contributed by atoms with Crippen molar-refractivity contribution in [3.8, 4) is 0 Å². The Balaban J connectivity index is 2.08. The van der Waals surface area contributed by atoms with E-state index in [4.69, 9.17) is 4.74 Å². The Morgan fingerprint density at radius 1 is 1.43 bits per heavy atom. The fraction of sp³-hybridized carbons (Fsp3) is 0.462. The lowest BCUT2D eigenvalue weighted by Gasteiger charge is -2.13. The molecule has 0 bridgehead atoms. The zero-order chi connectivity index (χ0) is 15.6. The normalized spacial score (nSPS) is 22.3. The number of anilines is 1. The minimum absolute atomic E-state index is 0.101. The second-order valence-electron chi connectivity index (χ2n) is 4.74. The topological polar surface area (TPSA) is 50.4 Å². The molecule has 0 aliphatic carbocycles. The quantitative estimate of drug-likeness (QED) is 0.842. The van der Waals surface area contributed by atoms with Crippen LogP contribution in [0.4, 0.5) is 23.2 Å². The van der Waals surface area contributed by atoms with Gasteiger partial charge in [0.15, 0.2) is 0 Å². The first-order valence-corrected chi connectivity index (χ1v) is 6.25. The van der Waals surface area contributed by atoms with Gasteiger partial charge in [-0.3, -0.25) is 4.79 Å². The molecule has 0 saturated carbocycles. The summed E-state index contributed by atoms with van der Waals surface area (Å²) in [5.74, 6) is -1.85. The maximum Gasteiger partial charge on any atom is 0.419 e. The fourth-order valence-electron chi connectivity index (χ4n) is 2.13. The molecule has 1 heterocycles. The first-order chi connectivity index (χ1) is 9.81. The maximum atomic E-state index is 13.1. The van der Waals surface area contributed by atoms with Gasteiger partial charge in [-0.1, -0.05) is 0 Å². The molecule has 0 radical (unpaired) electrons. The summed E-state index contributed by atoms with van der Waals surface area (Å²) in [5.41, 5.74) is -1.51. The van der Waals surface area contributed by atoms with Crippen LogP contribution in [-0.2, 0) is 15.7 Å². The third kappa shape index (κ3) is 3.70. The summed E-state index contributed by atoms with van der Waals surface area (Å²) in [5, 5.41) is 5.25. The van der Waals surface area contributed by atoms with E-state index in [-0.39, 0.29) is 11.8 Å². The van der Waals surface area contributed by atoms with E-state index in [0.717, 1.165) is 6.07 Å². The van der Waals surface area contributed by atoms with Crippen molar-refractivity contribution in [2.45, 2.75) is 24.7 Å². The Hall–Kier alpha value is -1.67. The number of hydrogen-bond acceptors (Lipinski definition) is 3. The second kappa shape index (κ2) is 5.98. The third-order valence-corrected chi connectivity index (χ3v) is 3.28. The fourth-order valence-corrected chi connectivity index (χ4v) is 2.13. The van der Waals surface area contributed by atoms with Crippen LogP contribution in [0.15, 0.2) is 18.2 Å². The monoisotopic (exact) mass is 306 g/mol. The first-order valence-electron chi connectivity index (χ1n) is 6.25. The van der Waals surface area contributed by atoms with Gasteiger partial charge in [0.05, 0.1) is 17.7 Å². The van der Waals surface area contributed by atoms with Crippen LogP contribution in [0.1, 0.15) is 12.0 Å². The number of carbonyl (C=O) groups excluding carboxylic acids is 1. The molecule has 2 atom stereocenters. The molecular weight excluding hydrogens is 292 g/mol. The summed E-state index contributed by atoms with van der Waals surface area (Å²) in [6.45, 7) is 0.492. The van der Waals surface area contributed by atoms with E-state index in [1.807, 2.05) is 0 Å². The van der Waals surface area contributed by atoms with Crippen molar-refractivity contribution >= 4 is 11.6 Å². The minimum atomic E-state index is -4.81. The number of halogens is 4. The largest absolute Gasteiger partial charge is 0.419 e. The van der Waals surface area contributed by atoms with Crippen LogP contribution in [0.2, 0.25) is 0 Å². The van der Waals surface area contributed by atoms with Gasteiger partial charge in [0.1, 0.15) is 5.82 Å². The van der Waals surface area contributed by atoms with Crippen molar-refractivity contribution in [1.82, 2.24) is 5.32 Å². The van der Waals surface area contributed by atoms with Gasteiger partial charge in [-0.2, -0.15) is 13.2 Å². The molecule has 116 valence electrons. The second-order valence-corrected chi connectivity index (χ2v) is 4.74. The number of carbonyl (C=O) groups is 1. The number of rotatable bonds is 3. The van der Waals surface area contributed by atoms with Gasteiger partial charge in [-0.15, -0.1) is 0 Å². The predicted molar refractivity (Wildman–Crippen MR) is 67.2 cm³/mol. The zero-order valence-corrected chi connectivity index (χ0v) is 11.1. The molecule has 21 heavy (non-hydrogen) atoms. The number of benzene rings is 1. The molecule has 2 rings (SSSR count). The van der Waals surface area contributed by atoms with Crippen molar-refractivity contribution in [2.75, 3.05) is 19.0 Å². The molecule has 2 unspecified atom stereocenters. The minimum Gasteiger partial charge on any atom is -0.380 e. The van der Waals surface area contributed by atoms with E-state index in [0.29, 0.717) is 25.1 Å². The molecule has 8 heteroatoms. The average Bonchev–Trinajstić information content (AvgIpc) is 2.88. The summed E-state index contributed by atoms with van der Waals surface area (Å²) in [4.78, 5) is 11.9. The van der Waals surface area contributed by atoms with Crippen LogP contribution in [-0.4, -0.2) is 31.7 Å². The van der Waals surface area contributed by atoms with Crippen LogP contribution in [0.5, 0.6) is 0 Å². The van der Waals surface area contributed by atoms with Gasteiger partial charge < -0.3 is 15.4 Å². The van der Waals surface area contributed by atoms with Crippen molar-refractivity contribution in [3.63, 3.8) is 0 Å². The molecule has 1 saturated heterocycles. The lowest BCUT2D eigenvalue weighted by atomic mass is 10.1. The van der Waals surface area contributed by atoms with E-state index >= 15 is 0 Å². The van der Waals surface area contributed by atoms with Gasteiger partial charge in [-0.25, -0.2) is 4.39 Å². The molecule has 1 fully saturated rings. The molecule has 1 aromatic carbocycles. The van der Waals surface area contributed by atoms with Crippen LogP contribution in [0, 0.1) is 5.82 Å². The number of alkyl halides is 3. The summed E-state index contributed by atoms with van der Waals surface area (Å²) in [6, 6.07) is 1.80. The van der Waals surface area contributed by atoms with Crippen LogP contribution >= 0.6 is 0 Å². The van der Waals surface area contributed by atoms with E-state index < -0.39 is 29.5 Å². The predicted octanol–water partition coefficient (Wildman–Crippen LogP) is 2.16. The first kappa shape index (κ1) is 15.7. The highest BCUT2D eigenvalue weighted by Crippen LogP contribution is 2.33. The highest BCUT2D eigenvalue weighted by molar-refractivity contribution is 5.95. The lowest BCUT2D eigenvalue weighted by Crippen LogP contribution is -2.35. The molecule has 2 N–H and O–H groups in total. The summed E-state index contributed by atoms with van der Waals surface area (Å²) >= 11 is 0. The SMILES string of the molecule is COC1CNC(C(=O)Nc2ccc(F)c(C(F)(F)F)c2)C1. The summed E-state index contributed by atoms with van der Waals surface area (Å²) < 4.78 is 56.0. The molecule has 1 amide bonds. The Bertz CT molecular complexity index is 533. The Morgan fingerprint density at radius 3 is 2.71 bits per heavy atom. The van der Waals surface area contributed by atoms with Crippen LogP contribution in [0.3, 0.4) is 0 Å². The van der Waals surface area contributed by atoms with Gasteiger partial charge in [0, 0.05) is 19.3 Å². The number of methoxy groups -OCH3 is 1. The number of amides is 1. The van der Waals surface area contributed by atoms with Gasteiger partial charge in [-0.05, 0) is 24.6 Å². The molecule has 1 aromatic rings. The van der Waals surface area contributed by atoms with Crippen molar-refractivity contribution in [3.05, 3.63) is 29.6 Å². The van der Waals surface area contributed by atoms with Gasteiger partial charge in [0.25, 0.3) is 0 Å². The summed E-state index contributed by atoms with van der Waals surface area (Å²) in [6.07, 6.45) is -4.49. The zero-order valence-electron chi connectivity index (χ0n) is 11.1. The maximum absolute atomic E-state index is 13.1. The number of ether oxygens (including phenoxy) is 1. The van der Waals surface area contributed by atoms with Gasteiger partial charge in [0.2, 0.25) is 5.91 Å². The molecule has 4 nitrogen and oxygen atoms in total. The standard InChI is InChI=1S/C13H14F4N2O2/c1-21-8-5-11(18-6-8)12(20)19-7-2-3-10(14)9(4-7)13(15,16)17/h2-4,8,11,18H,5-6H2,1H3,(H,19,20). The molecule has 1 aliphatic heterocycles. The van der Waals surface area contributed by atoms with Crippen molar-refractivity contribution in [2.24, 2.45) is 0 Å². The Labute approximate surface area is 118 Å². The number of nitrogens with one attached hydrogen (secondary N) is 2. The lowest BCUT2D eigenvalue weighted by molar-refractivity contribution is -0.140. The highest BCUT2D eigenvalue weighted by atomic mass is 19.4. The van der Waals surface area contributed by atoms with E-state index in [1.165, 1.54) is 7.11 Å². The molecule has 0 aromatic heterocycles. The summed E-state index contributed by atoms with van der Waals surface area (Å²) in [7, 11) is 1.52.